The summed E-state index contributed by atoms with van der Waals surface area (Å²) in [4.78, 5) is 2.44. The first-order chi connectivity index (χ1) is 13.2. The predicted octanol–water partition coefficient (Wildman–Crippen LogP) is 4.62. The summed E-state index contributed by atoms with van der Waals surface area (Å²) in [5, 5.41) is 0. The topological polar surface area (TPSA) is 15.5 Å². The zero-order chi connectivity index (χ0) is 18.7. The largest absolute Gasteiger partial charge is 0.492 e. The normalized spacial score (nSPS) is 19.4. The van der Waals surface area contributed by atoms with Gasteiger partial charge in [0.15, 0.2) is 6.21 Å². The maximum Gasteiger partial charge on any atom is 0.165 e. The molecule has 1 saturated heterocycles. The van der Waals surface area contributed by atoms with Crippen molar-refractivity contribution >= 4 is 11.9 Å². The number of fused-ring (bicyclic) bond motifs is 1. The Bertz CT molecular complexity index is 844. The van der Waals surface area contributed by atoms with E-state index < -0.39 is 0 Å². The Hall–Kier alpha value is -2.55. The number of ether oxygens (including phenoxy) is 1. The number of benzene rings is 2. The number of anilines is 1. The van der Waals surface area contributed by atoms with Gasteiger partial charge in [0.05, 0.1) is 6.54 Å². The quantitative estimate of drug-likeness (QED) is 0.722. The minimum absolute atomic E-state index is 0.000432. The first-order valence-electron chi connectivity index (χ1n) is 10.0. The molecule has 0 aromatic heterocycles. The molecule has 2 heterocycles. The second-order valence-corrected chi connectivity index (χ2v) is 7.90. The predicted molar refractivity (Wildman–Crippen MR) is 112 cm³/mol. The molecule has 2 aliphatic heterocycles. The van der Waals surface area contributed by atoms with Crippen LogP contribution in [0.2, 0.25) is 0 Å². The molecule has 2 aromatic rings. The van der Waals surface area contributed by atoms with E-state index in [9.17, 15) is 0 Å². The molecular formula is C24H29N2O+. The van der Waals surface area contributed by atoms with Crippen LogP contribution >= 0.6 is 0 Å². The SMILES string of the molecule is CC1(C)C(=CC=[N+]2CCCC2)N(CCOc2ccccc2)c2ccccc21. The number of nitrogens with zero attached hydrogens (tertiary/aromatic N) is 2. The van der Waals surface area contributed by atoms with Gasteiger partial charge in [-0.3, -0.25) is 0 Å². The van der Waals surface area contributed by atoms with Crippen LogP contribution in [0.4, 0.5) is 5.69 Å². The Morgan fingerprint density at radius 3 is 2.48 bits per heavy atom. The molecule has 0 spiro atoms. The summed E-state index contributed by atoms with van der Waals surface area (Å²) in [6, 6.07) is 18.8. The van der Waals surface area contributed by atoms with Crippen LogP contribution in [0.15, 0.2) is 66.4 Å². The molecule has 27 heavy (non-hydrogen) atoms. The first kappa shape index (κ1) is 17.8. The molecule has 4 rings (SSSR count). The molecule has 1 fully saturated rings. The Labute approximate surface area is 162 Å². The maximum atomic E-state index is 5.99. The Kier molecular flexibility index (Phi) is 5.02. The van der Waals surface area contributed by atoms with Crippen LogP contribution in [0.1, 0.15) is 32.3 Å². The van der Waals surface area contributed by atoms with Crippen LogP contribution in [0.25, 0.3) is 0 Å². The van der Waals surface area contributed by atoms with Crippen LogP contribution in [-0.4, -0.2) is 37.0 Å². The number of allylic oxidation sites excluding steroid dienone is 2. The van der Waals surface area contributed by atoms with Gasteiger partial charge in [-0.1, -0.05) is 50.2 Å². The highest BCUT2D eigenvalue weighted by molar-refractivity contribution is 5.77. The van der Waals surface area contributed by atoms with E-state index in [1.165, 1.54) is 42.9 Å². The van der Waals surface area contributed by atoms with Gasteiger partial charge in [-0.15, -0.1) is 0 Å². The summed E-state index contributed by atoms with van der Waals surface area (Å²) < 4.78 is 8.42. The summed E-state index contributed by atoms with van der Waals surface area (Å²) in [5.74, 6) is 0.929. The molecular weight excluding hydrogens is 332 g/mol. The lowest BCUT2D eigenvalue weighted by Crippen LogP contribution is -2.30. The molecule has 0 aliphatic carbocycles. The third-order valence-electron chi connectivity index (χ3n) is 5.71. The van der Waals surface area contributed by atoms with Gasteiger partial charge in [-0.25, -0.2) is 4.58 Å². The molecule has 3 nitrogen and oxygen atoms in total. The number of hydrogen-bond acceptors (Lipinski definition) is 2. The zero-order valence-electron chi connectivity index (χ0n) is 16.4. The van der Waals surface area contributed by atoms with Crippen molar-refractivity contribution in [2.45, 2.75) is 32.1 Å². The van der Waals surface area contributed by atoms with Gasteiger partial charge in [0.25, 0.3) is 0 Å². The van der Waals surface area contributed by atoms with Crippen LogP contribution in [0.5, 0.6) is 5.75 Å². The van der Waals surface area contributed by atoms with Crippen LogP contribution in [0, 0.1) is 0 Å². The molecule has 0 radical (unpaired) electrons. The molecule has 2 aliphatic rings. The molecule has 140 valence electrons. The van der Waals surface area contributed by atoms with E-state index in [4.69, 9.17) is 4.74 Å². The van der Waals surface area contributed by atoms with Gasteiger partial charge in [-0.2, -0.15) is 0 Å². The van der Waals surface area contributed by atoms with Crippen LogP contribution < -0.4 is 9.64 Å². The van der Waals surface area contributed by atoms with Gasteiger partial charge in [0.2, 0.25) is 0 Å². The second kappa shape index (κ2) is 7.59. The highest BCUT2D eigenvalue weighted by atomic mass is 16.5. The first-order valence-corrected chi connectivity index (χ1v) is 10.0. The lowest BCUT2D eigenvalue weighted by Gasteiger charge is -2.26. The van der Waals surface area contributed by atoms with Crippen molar-refractivity contribution in [2.75, 3.05) is 31.1 Å². The minimum atomic E-state index is -0.000432. The highest BCUT2D eigenvalue weighted by Gasteiger charge is 2.39. The molecule has 0 bridgehead atoms. The van der Waals surface area contributed by atoms with Gasteiger partial charge in [0, 0.05) is 35.7 Å². The summed E-state index contributed by atoms with van der Waals surface area (Å²) in [7, 11) is 0. The molecule has 0 unspecified atom stereocenters. The van der Waals surface area contributed by atoms with Gasteiger partial charge in [0.1, 0.15) is 25.4 Å². The van der Waals surface area contributed by atoms with E-state index in [0.29, 0.717) is 6.61 Å². The second-order valence-electron chi connectivity index (χ2n) is 7.90. The van der Waals surface area contributed by atoms with Crippen molar-refractivity contribution < 1.29 is 9.31 Å². The summed E-state index contributed by atoms with van der Waals surface area (Å²) >= 11 is 0. The smallest absolute Gasteiger partial charge is 0.165 e. The van der Waals surface area contributed by atoms with Crippen molar-refractivity contribution in [3.05, 3.63) is 71.9 Å². The van der Waals surface area contributed by atoms with Crippen molar-refractivity contribution in [2.24, 2.45) is 0 Å². The monoisotopic (exact) mass is 361 g/mol. The van der Waals surface area contributed by atoms with Crippen molar-refractivity contribution in [1.29, 1.82) is 0 Å². The standard InChI is InChI=1S/C24H29N2O/c1-24(2)21-12-6-7-13-22(21)26(18-19-27-20-10-4-3-5-11-20)23(24)14-17-25-15-8-9-16-25/h3-7,10-14,17H,8-9,15-16,18-19H2,1-2H3/q+1. The van der Waals surface area contributed by atoms with Gasteiger partial charge < -0.3 is 9.64 Å². The Morgan fingerprint density at radius 1 is 1.00 bits per heavy atom. The van der Waals surface area contributed by atoms with E-state index in [-0.39, 0.29) is 5.41 Å². The van der Waals surface area contributed by atoms with Gasteiger partial charge in [-0.05, 0) is 23.8 Å². The number of hydrogen-bond donors (Lipinski definition) is 0. The summed E-state index contributed by atoms with van der Waals surface area (Å²) in [5.41, 5.74) is 4.05. The number of rotatable bonds is 5. The fraction of sp³-hybridized carbons (Fsp3) is 0.375. The molecule has 3 heteroatoms. The van der Waals surface area contributed by atoms with Crippen molar-refractivity contribution in [3.8, 4) is 5.75 Å². The van der Waals surface area contributed by atoms with E-state index in [2.05, 4.69) is 59.9 Å². The van der Waals surface area contributed by atoms with Gasteiger partial charge >= 0.3 is 0 Å². The zero-order valence-corrected chi connectivity index (χ0v) is 16.4. The summed E-state index contributed by atoms with van der Waals surface area (Å²) in [6.45, 7) is 8.51. The molecule has 0 atom stereocenters. The van der Waals surface area contributed by atoms with E-state index in [1.807, 2.05) is 30.3 Å². The van der Waals surface area contributed by atoms with Crippen molar-refractivity contribution in [3.63, 3.8) is 0 Å². The van der Waals surface area contributed by atoms with Crippen LogP contribution in [-0.2, 0) is 5.41 Å². The van der Waals surface area contributed by atoms with Crippen molar-refractivity contribution in [1.82, 2.24) is 0 Å². The molecule has 0 N–H and O–H groups in total. The minimum Gasteiger partial charge on any atom is -0.492 e. The average Bonchev–Trinajstić information content (AvgIpc) is 3.27. The number of para-hydroxylation sites is 2. The third-order valence-corrected chi connectivity index (χ3v) is 5.71. The molecule has 2 aromatic carbocycles. The van der Waals surface area contributed by atoms with E-state index in [1.54, 1.807) is 0 Å². The Morgan fingerprint density at radius 2 is 1.70 bits per heavy atom. The molecule has 0 saturated carbocycles. The van der Waals surface area contributed by atoms with E-state index >= 15 is 0 Å². The lowest BCUT2D eigenvalue weighted by atomic mass is 9.84. The van der Waals surface area contributed by atoms with Crippen LogP contribution in [0.3, 0.4) is 0 Å². The summed E-state index contributed by atoms with van der Waals surface area (Å²) in [6.07, 6.45) is 7.23. The third kappa shape index (κ3) is 3.64. The Balaban J connectivity index is 1.59. The lowest BCUT2D eigenvalue weighted by molar-refractivity contribution is -0.500. The maximum absolute atomic E-state index is 5.99. The van der Waals surface area contributed by atoms with E-state index in [0.717, 1.165) is 12.3 Å². The average molecular weight is 362 g/mol. The highest BCUT2D eigenvalue weighted by Crippen LogP contribution is 2.47. The fourth-order valence-electron chi connectivity index (χ4n) is 4.22. The fourth-order valence-corrected chi connectivity index (χ4v) is 4.22. The molecule has 0 amide bonds.